The van der Waals surface area contributed by atoms with Gasteiger partial charge in [0, 0.05) is 11.6 Å². The van der Waals surface area contributed by atoms with Crippen molar-refractivity contribution >= 4 is 21.7 Å². The molecule has 1 aromatic rings. The van der Waals surface area contributed by atoms with Crippen LogP contribution in [0.2, 0.25) is 0 Å². The van der Waals surface area contributed by atoms with Gasteiger partial charge in [-0.1, -0.05) is 19.9 Å². The van der Waals surface area contributed by atoms with Crippen molar-refractivity contribution in [2.24, 2.45) is 5.92 Å². The standard InChI is InChI=1S/C13H18N2O6S/c1-8(2)6-11(13(16)17)14-22(20,21)10-5-4-9(3)12(7-10)15(18)19/h4-5,7-8,11,14H,6H2,1-3H3,(H,16,17). The minimum Gasteiger partial charge on any atom is -0.480 e. The average molecular weight is 330 g/mol. The topological polar surface area (TPSA) is 127 Å². The Balaban J connectivity index is 3.16. The van der Waals surface area contributed by atoms with Crippen molar-refractivity contribution in [3.8, 4) is 0 Å². The zero-order valence-electron chi connectivity index (χ0n) is 12.4. The number of aryl methyl sites for hydroxylation is 1. The van der Waals surface area contributed by atoms with E-state index in [4.69, 9.17) is 5.11 Å². The summed E-state index contributed by atoms with van der Waals surface area (Å²) >= 11 is 0. The molecule has 22 heavy (non-hydrogen) atoms. The van der Waals surface area contributed by atoms with Crippen molar-refractivity contribution < 1.29 is 23.2 Å². The van der Waals surface area contributed by atoms with Crippen LogP contribution in [0.1, 0.15) is 25.8 Å². The molecule has 9 heteroatoms. The van der Waals surface area contributed by atoms with E-state index in [1.165, 1.54) is 19.1 Å². The highest BCUT2D eigenvalue weighted by molar-refractivity contribution is 7.89. The van der Waals surface area contributed by atoms with Gasteiger partial charge in [-0.05, 0) is 25.3 Å². The second-order valence-electron chi connectivity index (χ2n) is 5.35. The molecule has 8 nitrogen and oxygen atoms in total. The summed E-state index contributed by atoms with van der Waals surface area (Å²) in [7, 11) is -4.16. The van der Waals surface area contributed by atoms with Crippen molar-refractivity contribution in [1.29, 1.82) is 0 Å². The lowest BCUT2D eigenvalue weighted by atomic mass is 10.1. The van der Waals surface area contributed by atoms with Crippen LogP contribution in [-0.2, 0) is 14.8 Å². The molecule has 0 aromatic heterocycles. The lowest BCUT2D eigenvalue weighted by molar-refractivity contribution is -0.385. The van der Waals surface area contributed by atoms with E-state index in [2.05, 4.69) is 4.72 Å². The fraction of sp³-hybridized carbons (Fsp3) is 0.462. The van der Waals surface area contributed by atoms with Crippen molar-refractivity contribution in [2.45, 2.75) is 38.1 Å². The molecule has 1 atom stereocenters. The Hall–Kier alpha value is -2.00. The van der Waals surface area contributed by atoms with Crippen molar-refractivity contribution in [3.05, 3.63) is 33.9 Å². The first-order valence-electron chi connectivity index (χ1n) is 6.54. The Morgan fingerprint density at radius 2 is 2.00 bits per heavy atom. The van der Waals surface area contributed by atoms with Gasteiger partial charge in [-0.15, -0.1) is 0 Å². The van der Waals surface area contributed by atoms with Crippen molar-refractivity contribution in [2.75, 3.05) is 0 Å². The van der Waals surface area contributed by atoms with Crippen LogP contribution in [0.3, 0.4) is 0 Å². The van der Waals surface area contributed by atoms with Crippen molar-refractivity contribution in [3.63, 3.8) is 0 Å². The highest BCUT2D eigenvalue weighted by Gasteiger charge is 2.27. The molecule has 0 aliphatic carbocycles. The van der Waals surface area contributed by atoms with Gasteiger partial charge in [-0.25, -0.2) is 8.42 Å². The molecule has 0 saturated carbocycles. The van der Waals surface area contributed by atoms with Crippen LogP contribution in [0, 0.1) is 23.0 Å². The summed E-state index contributed by atoms with van der Waals surface area (Å²) in [4.78, 5) is 21.0. The predicted molar refractivity (Wildman–Crippen MR) is 79.0 cm³/mol. The molecule has 1 rings (SSSR count). The van der Waals surface area contributed by atoms with E-state index in [-0.39, 0.29) is 22.9 Å². The SMILES string of the molecule is Cc1ccc(S(=O)(=O)NC(CC(C)C)C(=O)O)cc1[N+](=O)[O-]. The first-order valence-corrected chi connectivity index (χ1v) is 8.03. The number of aliphatic carboxylic acids is 1. The quantitative estimate of drug-likeness (QED) is 0.578. The molecular weight excluding hydrogens is 312 g/mol. The number of hydrogen-bond acceptors (Lipinski definition) is 5. The number of nitro groups is 1. The van der Waals surface area contributed by atoms with Gasteiger partial charge in [0.25, 0.3) is 5.69 Å². The van der Waals surface area contributed by atoms with Gasteiger partial charge in [-0.2, -0.15) is 4.72 Å². The second-order valence-corrected chi connectivity index (χ2v) is 7.06. The summed E-state index contributed by atoms with van der Waals surface area (Å²) in [5.74, 6) is -1.32. The normalized spacial score (nSPS) is 13.1. The summed E-state index contributed by atoms with van der Waals surface area (Å²) in [5.41, 5.74) is -0.0143. The number of rotatable bonds is 7. The fourth-order valence-corrected chi connectivity index (χ4v) is 3.10. The maximum Gasteiger partial charge on any atom is 0.321 e. The van der Waals surface area contributed by atoms with E-state index < -0.39 is 27.0 Å². The monoisotopic (exact) mass is 330 g/mol. The van der Waals surface area contributed by atoms with Crippen LogP contribution in [0.5, 0.6) is 0 Å². The molecule has 1 unspecified atom stereocenters. The summed E-state index contributed by atoms with van der Waals surface area (Å²) < 4.78 is 26.5. The predicted octanol–water partition coefficient (Wildman–Crippen LogP) is 1.68. The largest absolute Gasteiger partial charge is 0.480 e. The Morgan fingerprint density at radius 1 is 1.41 bits per heavy atom. The summed E-state index contributed by atoms with van der Waals surface area (Å²) in [6, 6.07) is 2.15. The van der Waals surface area contributed by atoms with Gasteiger partial charge in [0.2, 0.25) is 10.0 Å². The summed E-state index contributed by atoms with van der Waals surface area (Å²) in [5, 5.41) is 20.0. The minimum absolute atomic E-state index is 0.0313. The number of benzene rings is 1. The van der Waals surface area contributed by atoms with Gasteiger partial charge in [0.1, 0.15) is 6.04 Å². The van der Waals surface area contributed by atoms with Gasteiger partial charge in [-0.3, -0.25) is 14.9 Å². The van der Waals surface area contributed by atoms with Crippen LogP contribution in [0.4, 0.5) is 5.69 Å². The molecular formula is C13H18N2O6S. The molecule has 0 bridgehead atoms. The zero-order chi connectivity index (χ0) is 17.1. The van der Waals surface area contributed by atoms with Gasteiger partial charge in [0.15, 0.2) is 0 Å². The third-order valence-electron chi connectivity index (χ3n) is 2.99. The van der Waals surface area contributed by atoms with Gasteiger partial charge >= 0.3 is 5.97 Å². The molecule has 0 fully saturated rings. The molecule has 0 aliphatic heterocycles. The summed E-state index contributed by atoms with van der Waals surface area (Å²) in [6.07, 6.45) is 0.114. The number of carboxylic acids is 1. The highest BCUT2D eigenvalue weighted by Crippen LogP contribution is 2.22. The number of hydrogen-bond donors (Lipinski definition) is 2. The Labute approximate surface area is 128 Å². The number of sulfonamides is 1. The average Bonchev–Trinajstić information content (AvgIpc) is 2.36. The van der Waals surface area contributed by atoms with E-state index in [1.807, 2.05) is 0 Å². The Bertz CT molecular complexity index is 684. The van der Waals surface area contributed by atoms with E-state index in [9.17, 15) is 23.3 Å². The van der Waals surface area contributed by atoms with Gasteiger partial charge < -0.3 is 5.11 Å². The number of nitrogens with zero attached hydrogens (tertiary/aromatic N) is 1. The van der Waals surface area contributed by atoms with E-state index in [1.54, 1.807) is 13.8 Å². The number of nitrogens with one attached hydrogen (secondary N) is 1. The molecule has 122 valence electrons. The third-order valence-corrected chi connectivity index (χ3v) is 4.46. The minimum atomic E-state index is -4.16. The van der Waals surface area contributed by atoms with Crippen LogP contribution < -0.4 is 4.72 Å². The zero-order valence-corrected chi connectivity index (χ0v) is 13.3. The third kappa shape index (κ3) is 4.50. The van der Waals surface area contributed by atoms with Crippen LogP contribution >= 0.6 is 0 Å². The maximum absolute atomic E-state index is 12.2. The molecule has 0 spiro atoms. The molecule has 0 heterocycles. The number of carbonyl (C=O) groups is 1. The highest BCUT2D eigenvalue weighted by atomic mass is 32.2. The van der Waals surface area contributed by atoms with E-state index in [0.29, 0.717) is 5.56 Å². The first kappa shape index (κ1) is 18.1. The Kier molecular flexibility index (Phi) is 5.61. The van der Waals surface area contributed by atoms with Crippen LogP contribution in [0.25, 0.3) is 0 Å². The van der Waals surface area contributed by atoms with Crippen LogP contribution in [-0.4, -0.2) is 30.5 Å². The van der Waals surface area contributed by atoms with Crippen molar-refractivity contribution in [1.82, 2.24) is 4.72 Å². The van der Waals surface area contributed by atoms with E-state index >= 15 is 0 Å². The second kappa shape index (κ2) is 6.84. The first-order chi connectivity index (χ1) is 10.0. The summed E-state index contributed by atoms with van der Waals surface area (Å²) in [6.45, 7) is 5.02. The number of nitro benzene ring substituents is 1. The molecule has 0 saturated heterocycles. The number of carboxylic acid groups (broad SMARTS) is 1. The van der Waals surface area contributed by atoms with Gasteiger partial charge in [0.05, 0.1) is 9.82 Å². The smallest absolute Gasteiger partial charge is 0.321 e. The van der Waals surface area contributed by atoms with Crippen LogP contribution in [0.15, 0.2) is 23.1 Å². The molecule has 1 aromatic carbocycles. The fourth-order valence-electron chi connectivity index (χ4n) is 1.88. The molecule has 0 aliphatic rings. The molecule has 0 radical (unpaired) electrons. The van der Waals surface area contributed by atoms with E-state index in [0.717, 1.165) is 6.07 Å². The lowest BCUT2D eigenvalue weighted by Gasteiger charge is -2.16. The molecule has 2 N–H and O–H groups in total. The lowest BCUT2D eigenvalue weighted by Crippen LogP contribution is -2.41. The maximum atomic E-state index is 12.2. The molecule has 0 amide bonds. The Morgan fingerprint density at radius 3 is 2.45 bits per heavy atom.